The van der Waals surface area contributed by atoms with Crippen LogP contribution in [0.15, 0.2) is 30.3 Å². The first-order valence-electron chi connectivity index (χ1n) is 5.93. The van der Waals surface area contributed by atoms with Crippen molar-refractivity contribution in [3.8, 4) is 0 Å². The fourth-order valence-corrected chi connectivity index (χ4v) is 2.16. The molecule has 2 aliphatic rings. The van der Waals surface area contributed by atoms with Gasteiger partial charge < -0.3 is 14.4 Å². The normalized spacial score (nSPS) is 27.9. The van der Waals surface area contributed by atoms with Crippen molar-refractivity contribution in [1.82, 2.24) is 4.90 Å². The van der Waals surface area contributed by atoms with Crippen LogP contribution in [-0.2, 0) is 14.3 Å². The fraction of sp³-hybridized carbons (Fsp3) is 0.462. The third-order valence-electron chi connectivity index (χ3n) is 3.19. The second kappa shape index (κ2) is 4.47. The second-order valence-corrected chi connectivity index (χ2v) is 4.33. The lowest BCUT2D eigenvalue weighted by molar-refractivity contribution is -0.136. The van der Waals surface area contributed by atoms with Crippen molar-refractivity contribution in [3.63, 3.8) is 0 Å². The molecule has 4 heteroatoms. The summed E-state index contributed by atoms with van der Waals surface area (Å²) in [6, 6.07) is 9.89. The Bertz CT molecular complexity index is 400. The molecule has 0 spiro atoms. The topological polar surface area (TPSA) is 42.1 Å². The summed E-state index contributed by atoms with van der Waals surface area (Å²) in [4.78, 5) is 13.9. The highest BCUT2D eigenvalue weighted by molar-refractivity contribution is 5.84. The van der Waals surface area contributed by atoms with Gasteiger partial charge in [0.15, 0.2) is 6.10 Å². The standard InChI is InChI=1S/C13H15NO3/c15-13(14-6-8-16-9-7-14)12-11(17-12)10-4-2-1-3-5-10/h1-5,11-12H,6-9H2/t11-,12+/m1/s1. The molecule has 0 saturated carbocycles. The average Bonchev–Trinajstić information content (AvgIpc) is 3.20. The van der Waals surface area contributed by atoms with Gasteiger partial charge in [-0.1, -0.05) is 30.3 Å². The molecular formula is C13H15NO3. The number of amides is 1. The van der Waals surface area contributed by atoms with Crippen molar-refractivity contribution in [3.05, 3.63) is 35.9 Å². The summed E-state index contributed by atoms with van der Waals surface area (Å²) in [5.41, 5.74) is 1.08. The second-order valence-electron chi connectivity index (χ2n) is 4.33. The van der Waals surface area contributed by atoms with Crippen LogP contribution in [0.25, 0.3) is 0 Å². The summed E-state index contributed by atoms with van der Waals surface area (Å²) in [5.74, 6) is 0.0992. The molecule has 2 atom stereocenters. The van der Waals surface area contributed by atoms with Gasteiger partial charge in [0, 0.05) is 13.1 Å². The van der Waals surface area contributed by atoms with Crippen LogP contribution in [-0.4, -0.2) is 43.2 Å². The Kier molecular flexibility index (Phi) is 2.82. The van der Waals surface area contributed by atoms with E-state index in [-0.39, 0.29) is 18.1 Å². The SMILES string of the molecule is O=C([C@H]1O[C@@H]1c1ccccc1)N1CCOCC1. The Morgan fingerprint density at radius 1 is 1.18 bits per heavy atom. The minimum atomic E-state index is -0.282. The molecule has 0 unspecified atom stereocenters. The molecule has 1 aromatic carbocycles. The van der Waals surface area contributed by atoms with E-state index < -0.39 is 0 Å². The monoisotopic (exact) mass is 233 g/mol. The molecule has 4 nitrogen and oxygen atoms in total. The molecule has 2 fully saturated rings. The van der Waals surface area contributed by atoms with E-state index >= 15 is 0 Å². The van der Waals surface area contributed by atoms with Crippen LogP contribution in [0.4, 0.5) is 0 Å². The quantitative estimate of drug-likeness (QED) is 0.715. The molecule has 0 bridgehead atoms. The molecule has 0 aromatic heterocycles. The zero-order chi connectivity index (χ0) is 11.7. The van der Waals surface area contributed by atoms with Gasteiger partial charge in [0.25, 0.3) is 5.91 Å². The molecule has 2 aliphatic heterocycles. The fourth-order valence-electron chi connectivity index (χ4n) is 2.16. The third-order valence-corrected chi connectivity index (χ3v) is 3.19. The van der Waals surface area contributed by atoms with Gasteiger partial charge in [0.05, 0.1) is 13.2 Å². The predicted octanol–water partition coefficient (Wildman–Crippen LogP) is 0.985. The van der Waals surface area contributed by atoms with Gasteiger partial charge in [-0.05, 0) is 5.56 Å². The van der Waals surface area contributed by atoms with Crippen molar-refractivity contribution in [2.45, 2.75) is 12.2 Å². The first kappa shape index (κ1) is 10.7. The van der Waals surface area contributed by atoms with E-state index in [4.69, 9.17) is 9.47 Å². The van der Waals surface area contributed by atoms with Gasteiger partial charge in [-0.2, -0.15) is 0 Å². The molecule has 0 radical (unpaired) electrons. The van der Waals surface area contributed by atoms with Crippen LogP contribution in [0.1, 0.15) is 11.7 Å². The minimum Gasteiger partial charge on any atom is -0.378 e. The van der Waals surface area contributed by atoms with Crippen LogP contribution >= 0.6 is 0 Å². The number of ether oxygens (including phenoxy) is 2. The van der Waals surface area contributed by atoms with E-state index in [1.54, 1.807) is 0 Å². The van der Waals surface area contributed by atoms with Crippen LogP contribution < -0.4 is 0 Å². The van der Waals surface area contributed by atoms with Crippen molar-refractivity contribution in [2.24, 2.45) is 0 Å². The van der Waals surface area contributed by atoms with Crippen LogP contribution in [0.2, 0.25) is 0 Å². The van der Waals surface area contributed by atoms with Crippen molar-refractivity contribution >= 4 is 5.91 Å². The number of benzene rings is 1. The van der Waals surface area contributed by atoms with Gasteiger partial charge in [0.2, 0.25) is 0 Å². The molecule has 3 rings (SSSR count). The largest absolute Gasteiger partial charge is 0.378 e. The molecular weight excluding hydrogens is 218 g/mol. The number of carbonyl (C=O) groups excluding carboxylic acids is 1. The lowest BCUT2D eigenvalue weighted by Gasteiger charge is -2.26. The summed E-state index contributed by atoms with van der Waals surface area (Å²) in [6.07, 6.45) is -0.331. The smallest absolute Gasteiger partial charge is 0.254 e. The Balaban J connectivity index is 1.62. The van der Waals surface area contributed by atoms with Gasteiger partial charge in [-0.15, -0.1) is 0 Å². The lowest BCUT2D eigenvalue weighted by Crippen LogP contribution is -2.42. The number of morpholine rings is 1. The molecule has 1 aromatic rings. The molecule has 0 N–H and O–H groups in total. The maximum Gasteiger partial charge on any atom is 0.254 e. The number of carbonyl (C=O) groups is 1. The molecule has 1 amide bonds. The van der Waals surface area contributed by atoms with Crippen LogP contribution in [0.5, 0.6) is 0 Å². The van der Waals surface area contributed by atoms with Gasteiger partial charge in [-0.3, -0.25) is 4.79 Å². The highest BCUT2D eigenvalue weighted by Crippen LogP contribution is 2.39. The first-order chi connectivity index (χ1) is 8.36. The Labute approximate surface area is 100 Å². The van der Waals surface area contributed by atoms with Gasteiger partial charge in [0.1, 0.15) is 6.10 Å². The number of hydrogen-bond donors (Lipinski definition) is 0. The molecule has 90 valence electrons. The summed E-state index contributed by atoms with van der Waals surface area (Å²) in [7, 11) is 0. The number of rotatable bonds is 2. The maximum absolute atomic E-state index is 12.1. The summed E-state index contributed by atoms with van der Waals surface area (Å²) >= 11 is 0. The number of epoxide rings is 1. The highest BCUT2D eigenvalue weighted by atomic mass is 16.6. The molecule has 17 heavy (non-hydrogen) atoms. The van der Waals surface area contributed by atoms with Gasteiger partial charge >= 0.3 is 0 Å². The maximum atomic E-state index is 12.1. The Hall–Kier alpha value is -1.39. The van der Waals surface area contributed by atoms with Crippen LogP contribution in [0, 0.1) is 0 Å². The zero-order valence-electron chi connectivity index (χ0n) is 9.54. The summed E-state index contributed by atoms with van der Waals surface area (Å²) in [5, 5.41) is 0. The molecule has 2 saturated heterocycles. The van der Waals surface area contributed by atoms with Crippen LogP contribution in [0.3, 0.4) is 0 Å². The third kappa shape index (κ3) is 2.18. The minimum absolute atomic E-state index is 0.0495. The van der Waals surface area contributed by atoms with E-state index in [1.165, 1.54) is 0 Å². The average molecular weight is 233 g/mol. The Morgan fingerprint density at radius 2 is 1.88 bits per heavy atom. The first-order valence-corrected chi connectivity index (χ1v) is 5.93. The van der Waals surface area contributed by atoms with Crippen molar-refractivity contribution in [2.75, 3.05) is 26.3 Å². The highest BCUT2D eigenvalue weighted by Gasteiger charge is 2.47. The molecule has 0 aliphatic carbocycles. The van der Waals surface area contributed by atoms with Crippen molar-refractivity contribution in [1.29, 1.82) is 0 Å². The van der Waals surface area contributed by atoms with Crippen molar-refractivity contribution < 1.29 is 14.3 Å². The summed E-state index contributed by atoms with van der Waals surface area (Å²) in [6.45, 7) is 2.63. The lowest BCUT2D eigenvalue weighted by atomic mass is 10.1. The van der Waals surface area contributed by atoms with Gasteiger partial charge in [-0.25, -0.2) is 0 Å². The molecule has 2 heterocycles. The number of hydrogen-bond acceptors (Lipinski definition) is 3. The summed E-state index contributed by atoms with van der Waals surface area (Å²) < 4.78 is 10.7. The predicted molar refractivity (Wildman–Crippen MR) is 61.5 cm³/mol. The number of nitrogens with zero attached hydrogens (tertiary/aromatic N) is 1. The zero-order valence-corrected chi connectivity index (χ0v) is 9.54. The van der Waals surface area contributed by atoms with E-state index in [0.29, 0.717) is 26.3 Å². The van der Waals surface area contributed by atoms with E-state index in [2.05, 4.69) is 0 Å². The van der Waals surface area contributed by atoms with E-state index in [9.17, 15) is 4.79 Å². The van der Waals surface area contributed by atoms with E-state index in [0.717, 1.165) is 5.56 Å². The van der Waals surface area contributed by atoms with E-state index in [1.807, 2.05) is 35.2 Å². The Morgan fingerprint density at radius 3 is 2.59 bits per heavy atom.